The fourth-order valence-electron chi connectivity index (χ4n) is 3.20. The summed E-state index contributed by atoms with van der Waals surface area (Å²) in [6.45, 7) is 0. The van der Waals surface area contributed by atoms with Gasteiger partial charge in [0.25, 0.3) is 0 Å². The molecule has 0 saturated heterocycles. The van der Waals surface area contributed by atoms with E-state index in [0.717, 1.165) is 27.1 Å². The van der Waals surface area contributed by atoms with Crippen LogP contribution in [0.5, 0.6) is 0 Å². The van der Waals surface area contributed by atoms with Crippen LogP contribution in [0.25, 0.3) is 21.6 Å². The third-order valence-electron chi connectivity index (χ3n) is 4.89. The number of anilines is 1. The Labute approximate surface area is 159 Å². The Morgan fingerprint density at radius 1 is 0.926 bits per heavy atom. The van der Waals surface area contributed by atoms with E-state index in [1.165, 1.54) is 17.7 Å². The van der Waals surface area contributed by atoms with Crippen LogP contribution < -0.4 is 5.32 Å². The molecule has 6 nitrogen and oxygen atoms in total. The number of hydrogen-bond acceptors (Lipinski definition) is 4. The van der Waals surface area contributed by atoms with Crippen molar-refractivity contribution < 1.29 is 19.8 Å². The van der Waals surface area contributed by atoms with E-state index in [4.69, 9.17) is 5.11 Å². The third-order valence-corrected chi connectivity index (χ3v) is 5.74. The molecule has 7 heteroatoms. The molecule has 0 atom stereocenters. The van der Waals surface area contributed by atoms with E-state index in [2.05, 4.69) is 9.69 Å². The van der Waals surface area contributed by atoms with Gasteiger partial charge in [0.1, 0.15) is 0 Å². The van der Waals surface area contributed by atoms with Crippen LogP contribution in [0.2, 0.25) is 0 Å². The summed E-state index contributed by atoms with van der Waals surface area (Å²) in [5.74, 6) is -0.755. The largest absolute Gasteiger partial charge is 0.481 e. The molecular formula is C20H16N2O4S. The number of aliphatic carboxylic acids is 1. The smallest absolute Gasteiger partial charge is 0.409 e. The normalized spacial score (nSPS) is 14.5. The number of benzene rings is 2. The molecule has 0 radical (unpaired) electrons. The second-order valence-corrected chi connectivity index (χ2v) is 7.34. The average molecular weight is 380 g/mol. The van der Waals surface area contributed by atoms with E-state index in [9.17, 15) is 14.7 Å². The predicted octanol–water partition coefficient (Wildman–Crippen LogP) is 4.68. The average Bonchev–Trinajstić information content (AvgIpc) is 3.36. The number of carbonyl (C=O) groups is 2. The number of nitrogens with zero attached hydrogens (tertiary/aromatic N) is 1. The van der Waals surface area contributed by atoms with E-state index >= 15 is 0 Å². The maximum Gasteiger partial charge on any atom is 0.409 e. The monoisotopic (exact) mass is 380 g/mol. The standard InChI is InChI=1S/C20H16N2O4S/c23-18(24)20(9-10-20)15-7-5-13(6-8-15)12-1-3-14(4-2-12)17-16(11-21-27-17)22-19(25)26/h1-8,11,22H,9-10H2,(H,23,24)(H,25,26). The van der Waals surface area contributed by atoms with E-state index in [1.54, 1.807) is 0 Å². The molecule has 1 saturated carbocycles. The summed E-state index contributed by atoms with van der Waals surface area (Å²) < 4.78 is 4.05. The van der Waals surface area contributed by atoms with Crippen molar-refractivity contribution in [2.75, 3.05) is 5.32 Å². The lowest BCUT2D eigenvalue weighted by Gasteiger charge is -2.11. The summed E-state index contributed by atoms with van der Waals surface area (Å²) in [5.41, 5.74) is 3.51. The topological polar surface area (TPSA) is 99.5 Å². The molecule has 0 spiro atoms. The van der Waals surface area contributed by atoms with Gasteiger partial charge in [0.2, 0.25) is 0 Å². The van der Waals surface area contributed by atoms with Crippen LogP contribution in [0.4, 0.5) is 10.5 Å². The zero-order chi connectivity index (χ0) is 19.0. The Hall–Kier alpha value is -3.19. The Morgan fingerprint density at radius 2 is 1.48 bits per heavy atom. The second-order valence-electron chi connectivity index (χ2n) is 6.54. The molecule has 0 bridgehead atoms. The number of hydrogen-bond donors (Lipinski definition) is 3. The molecule has 27 heavy (non-hydrogen) atoms. The number of rotatable bonds is 5. The minimum atomic E-state index is -1.12. The number of carboxylic acid groups (broad SMARTS) is 2. The quantitative estimate of drug-likeness (QED) is 0.597. The van der Waals surface area contributed by atoms with Crippen molar-refractivity contribution in [3.8, 4) is 21.6 Å². The molecule has 1 aliphatic rings. The maximum absolute atomic E-state index is 11.4. The van der Waals surface area contributed by atoms with Gasteiger partial charge in [-0.2, -0.15) is 4.37 Å². The fourth-order valence-corrected chi connectivity index (χ4v) is 3.91. The molecule has 1 aliphatic carbocycles. The number of amides is 1. The zero-order valence-corrected chi connectivity index (χ0v) is 15.0. The van der Waals surface area contributed by atoms with Gasteiger partial charge >= 0.3 is 12.1 Å². The number of aromatic nitrogens is 1. The minimum absolute atomic E-state index is 0.466. The van der Waals surface area contributed by atoms with Gasteiger partial charge in [0.05, 0.1) is 22.2 Å². The van der Waals surface area contributed by atoms with Crippen molar-refractivity contribution in [1.82, 2.24) is 4.37 Å². The Kier molecular flexibility index (Phi) is 4.16. The van der Waals surface area contributed by atoms with E-state index in [-0.39, 0.29) is 0 Å². The first-order valence-corrected chi connectivity index (χ1v) is 9.16. The van der Waals surface area contributed by atoms with Crippen molar-refractivity contribution in [3.63, 3.8) is 0 Å². The summed E-state index contributed by atoms with van der Waals surface area (Å²) in [4.78, 5) is 23.1. The molecule has 3 N–H and O–H groups in total. The maximum atomic E-state index is 11.4. The van der Waals surface area contributed by atoms with Gasteiger partial charge in [0.15, 0.2) is 0 Å². The third kappa shape index (κ3) is 3.17. The molecule has 1 amide bonds. The van der Waals surface area contributed by atoms with Gasteiger partial charge in [-0.3, -0.25) is 10.1 Å². The highest BCUT2D eigenvalue weighted by Crippen LogP contribution is 2.48. The van der Waals surface area contributed by atoms with Gasteiger partial charge in [-0.05, 0) is 46.6 Å². The van der Waals surface area contributed by atoms with Crippen molar-refractivity contribution in [2.24, 2.45) is 0 Å². The van der Waals surface area contributed by atoms with Crippen molar-refractivity contribution in [1.29, 1.82) is 0 Å². The van der Waals surface area contributed by atoms with E-state index < -0.39 is 17.5 Å². The van der Waals surface area contributed by atoms with Crippen LogP contribution in [0, 0.1) is 0 Å². The van der Waals surface area contributed by atoms with Gasteiger partial charge in [0, 0.05) is 0 Å². The van der Waals surface area contributed by atoms with Crippen LogP contribution in [0.1, 0.15) is 18.4 Å². The molecule has 2 aromatic carbocycles. The number of carboxylic acids is 1. The molecule has 1 heterocycles. The minimum Gasteiger partial charge on any atom is -0.481 e. The molecule has 3 aromatic rings. The van der Waals surface area contributed by atoms with Gasteiger partial charge in [-0.15, -0.1) is 0 Å². The van der Waals surface area contributed by atoms with E-state index in [1.807, 2.05) is 48.5 Å². The fraction of sp³-hybridized carbons (Fsp3) is 0.150. The predicted molar refractivity (Wildman–Crippen MR) is 103 cm³/mol. The first kappa shape index (κ1) is 17.2. The first-order chi connectivity index (χ1) is 13.0. The highest BCUT2D eigenvalue weighted by atomic mass is 32.1. The second kappa shape index (κ2) is 6.51. The first-order valence-electron chi connectivity index (χ1n) is 8.39. The lowest BCUT2D eigenvalue weighted by atomic mass is 9.93. The summed E-state index contributed by atoms with van der Waals surface area (Å²) in [7, 11) is 0. The molecule has 0 aliphatic heterocycles. The van der Waals surface area contributed by atoms with Gasteiger partial charge < -0.3 is 10.2 Å². The van der Waals surface area contributed by atoms with E-state index in [0.29, 0.717) is 18.5 Å². The molecule has 4 rings (SSSR count). The summed E-state index contributed by atoms with van der Waals surface area (Å²) in [6, 6.07) is 15.4. The number of nitrogens with one attached hydrogen (secondary N) is 1. The molecule has 1 fully saturated rings. The molecule has 1 aromatic heterocycles. The Balaban J connectivity index is 1.57. The van der Waals surface area contributed by atoms with Crippen LogP contribution >= 0.6 is 11.5 Å². The summed E-state index contributed by atoms with van der Waals surface area (Å²) in [6.07, 6.45) is 1.76. The highest BCUT2D eigenvalue weighted by molar-refractivity contribution is 7.10. The van der Waals surface area contributed by atoms with Gasteiger partial charge in [-0.1, -0.05) is 48.5 Å². The van der Waals surface area contributed by atoms with Crippen LogP contribution in [-0.2, 0) is 10.2 Å². The van der Waals surface area contributed by atoms with Crippen molar-refractivity contribution in [3.05, 3.63) is 60.3 Å². The summed E-state index contributed by atoms with van der Waals surface area (Å²) in [5, 5.41) is 20.6. The molecular weight excluding hydrogens is 364 g/mol. The summed E-state index contributed by atoms with van der Waals surface area (Å²) >= 11 is 1.23. The Morgan fingerprint density at radius 3 is 2.00 bits per heavy atom. The lowest BCUT2D eigenvalue weighted by molar-refractivity contribution is -0.140. The van der Waals surface area contributed by atoms with Crippen LogP contribution in [0.15, 0.2) is 54.7 Å². The molecule has 0 unspecified atom stereocenters. The Bertz CT molecular complexity index is 1010. The molecule has 136 valence electrons. The highest BCUT2D eigenvalue weighted by Gasteiger charge is 2.51. The van der Waals surface area contributed by atoms with Crippen molar-refractivity contribution in [2.45, 2.75) is 18.3 Å². The van der Waals surface area contributed by atoms with Crippen LogP contribution in [-0.4, -0.2) is 26.6 Å². The van der Waals surface area contributed by atoms with Crippen molar-refractivity contribution >= 4 is 29.3 Å². The SMILES string of the molecule is O=C(O)Nc1cnsc1-c1ccc(-c2ccc(C3(C(=O)O)CC3)cc2)cc1. The van der Waals surface area contributed by atoms with Crippen LogP contribution in [0.3, 0.4) is 0 Å². The zero-order valence-electron chi connectivity index (χ0n) is 14.2. The lowest BCUT2D eigenvalue weighted by Crippen LogP contribution is -2.19. The van der Waals surface area contributed by atoms with Gasteiger partial charge in [-0.25, -0.2) is 4.79 Å².